The topological polar surface area (TPSA) is 38.5 Å². The maximum Gasteiger partial charge on any atom is 0.0469 e. The third-order valence-corrected chi connectivity index (χ3v) is 4.51. The summed E-state index contributed by atoms with van der Waals surface area (Å²) in [6.45, 7) is 4.39. The van der Waals surface area contributed by atoms with Crippen LogP contribution in [0.4, 0.5) is 0 Å². The van der Waals surface area contributed by atoms with Gasteiger partial charge >= 0.3 is 0 Å². The fourth-order valence-electron chi connectivity index (χ4n) is 3.27. The highest BCUT2D eigenvalue weighted by molar-refractivity contribution is 4.80. The molecule has 2 atom stereocenters. The average molecular weight is 240 g/mol. The quantitative estimate of drug-likeness (QED) is 0.797. The lowest BCUT2D eigenvalue weighted by Crippen LogP contribution is -2.33. The molecular formula is C14H28N2O. The van der Waals surface area contributed by atoms with Crippen LogP contribution < -0.4 is 5.73 Å². The molecule has 3 heteroatoms. The van der Waals surface area contributed by atoms with Crippen LogP contribution in [0, 0.1) is 11.8 Å². The van der Waals surface area contributed by atoms with Crippen molar-refractivity contribution in [1.29, 1.82) is 0 Å². The summed E-state index contributed by atoms with van der Waals surface area (Å²) in [7, 11) is 2.26. The van der Waals surface area contributed by atoms with Crippen LogP contribution in [0.1, 0.15) is 38.5 Å². The zero-order valence-electron chi connectivity index (χ0n) is 11.2. The SMILES string of the molecule is CN(CCC1CCCC1N)CC1CCOCC1. The Balaban J connectivity index is 1.61. The molecule has 100 valence electrons. The number of rotatable bonds is 5. The molecule has 2 unspecified atom stereocenters. The minimum atomic E-state index is 0.478. The van der Waals surface area contributed by atoms with Gasteiger partial charge in [0.25, 0.3) is 0 Å². The zero-order valence-corrected chi connectivity index (χ0v) is 11.2. The van der Waals surface area contributed by atoms with Crippen molar-refractivity contribution in [2.45, 2.75) is 44.6 Å². The Kier molecular flexibility index (Phi) is 5.26. The minimum absolute atomic E-state index is 0.478. The van der Waals surface area contributed by atoms with Crippen molar-refractivity contribution in [3.63, 3.8) is 0 Å². The lowest BCUT2D eigenvalue weighted by atomic mass is 9.98. The first-order valence-electron chi connectivity index (χ1n) is 7.27. The van der Waals surface area contributed by atoms with Gasteiger partial charge in [-0.1, -0.05) is 6.42 Å². The molecule has 1 heterocycles. The maximum absolute atomic E-state index is 6.11. The molecule has 0 spiro atoms. The number of nitrogens with zero attached hydrogens (tertiary/aromatic N) is 1. The Morgan fingerprint density at radius 3 is 2.59 bits per heavy atom. The smallest absolute Gasteiger partial charge is 0.0469 e. The van der Waals surface area contributed by atoms with E-state index in [1.54, 1.807) is 0 Å². The van der Waals surface area contributed by atoms with E-state index in [1.165, 1.54) is 51.6 Å². The molecule has 17 heavy (non-hydrogen) atoms. The normalized spacial score (nSPS) is 31.2. The van der Waals surface area contributed by atoms with Gasteiger partial charge in [-0.25, -0.2) is 0 Å². The predicted molar refractivity (Wildman–Crippen MR) is 71.0 cm³/mol. The molecule has 3 nitrogen and oxygen atoms in total. The molecule has 2 N–H and O–H groups in total. The van der Waals surface area contributed by atoms with Crippen LogP contribution >= 0.6 is 0 Å². The Bertz CT molecular complexity index is 216. The third-order valence-electron chi connectivity index (χ3n) is 4.51. The third kappa shape index (κ3) is 4.23. The van der Waals surface area contributed by atoms with Crippen LogP contribution in [0.15, 0.2) is 0 Å². The van der Waals surface area contributed by atoms with Crippen LogP contribution in [0.3, 0.4) is 0 Å². The molecule has 1 saturated heterocycles. The second kappa shape index (κ2) is 6.72. The molecule has 0 aromatic rings. The van der Waals surface area contributed by atoms with E-state index in [0.29, 0.717) is 6.04 Å². The van der Waals surface area contributed by atoms with E-state index in [4.69, 9.17) is 10.5 Å². The monoisotopic (exact) mass is 240 g/mol. The Morgan fingerprint density at radius 1 is 1.18 bits per heavy atom. The summed E-state index contributed by atoms with van der Waals surface area (Å²) in [5.41, 5.74) is 6.11. The molecule has 1 aliphatic heterocycles. The first-order valence-corrected chi connectivity index (χ1v) is 7.27. The highest BCUT2D eigenvalue weighted by atomic mass is 16.5. The van der Waals surface area contributed by atoms with Crippen molar-refractivity contribution in [3.05, 3.63) is 0 Å². The van der Waals surface area contributed by atoms with Crippen LogP contribution in [-0.2, 0) is 4.74 Å². The van der Waals surface area contributed by atoms with E-state index in [2.05, 4.69) is 11.9 Å². The first-order chi connectivity index (χ1) is 8.25. The van der Waals surface area contributed by atoms with Crippen LogP contribution in [0.5, 0.6) is 0 Å². The lowest BCUT2D eigenvalue weighted by Gasteiger charge is -2.28. The van der Waals surface area contributed by atoms with Crippen molar-refractivity contribution in [2.24, 2.45) is 17.6 Å². The number of ether oxygens (including phenoxy) is 1. The van der Waals surface area contributed by atoms with E-state index in [0.717, 1.165) is 25.0 Å². The summed E-state index contributed by atoms with van der Waals surface area (Å²) < 4.78 is 5.40. The van der Waals surface area contributed by atoms with Gasteiger partial charge in [0.1, 0.15) is 0 Å². The van der Waals surface area contributed by atoms with Gasteiger partial charge in [-0.15, -0.1) is 0 Å². The average Bonchev–Trinajstić information content (AvgIpc) is 2.74. The van der Waals surface area contributed by atoms with Crippen molar-refractivity contribution in [1.82, 2.24) is 4.90 Å². The molecule has 0 radical (unpaired) electrons. The van der Waals surface area contributed by atoms with Gasteiger partial charge in [-0.05, 0) is 57.5 Å². The van der Waals surface area contributed by atoms with Gasteiger partial charge in [0.05, 0.1) is 0 Å². The van der Waals surface area contributed by atoms with E-state index in [9.17, 15) is 0 Å². The van der Waals surface area contributed by atoms with Crippen molar-refractivity contribution in [2.75, 3.05) is 33.4 Å². The van der Waals surface area contributed by atoms with Crippen molar-refractivity contribution < 1.29 is 4.74 Å². The summed E-state index contributed by atoms with van der Waals surface area (Å²) in [5, 5.41) is 0. The van der Waals surface area contributed by atoms with E-state index in [1.807, 2.05) is 0 Å². The molecule has 1 saturated carbocycles. The molecular weight excluding hydrogens is 212 g/mol. The number of hydrogen-bond donors (Lipinski definition) is 1. The highest BCUT2D eigenvalue weighted by Crippen LogP contribution is 2.27. The van der Waals surface area contributed by atoms with Gasteiger partial charge in [0.2, 0.25) is 0 Å². The summed E-state index contributed by atoms with van der Waals surface area (Å²) in [5.74, 6) is 1.64. The fourth-order valence-corrected chi connectivity index (χ4v) is 3.27. The molecule has 2 fully saturated rings. The Hall–Kier alpha value is -0.120. The van der Waals surface area contributed by atoms with Gasteiger partial charge in [-0.2, -0.15) is 0 Å². The Labute approximate surface area is 106 Å². The van der Waals surface area contributed by atoms with Gasteiger partial charge in [0, 0.05) is 25.8 Å². The molecule has 1 aliphatic carbocycles. The summed E-state index contributed by atoms with van der Waals surface area (Å²) in [6.07, 6.45) is 7.72. The van der Waals surface area contributed by atoms with Crippen LogP contribution in [-0.4, -0.2) is 44.3 Å². The predicted octanol–water partition coefficient (Wildman–Crippen LogP) is 1.86. The van der Waals surface area contributed by atoms with Gasteiger partial charge in [-0.3, -0.25) is 0 Å². The van der Waals surface area contributed by atoms with Gasteiger partial charge in [0.15, 0.2) is 0 Å². The summed E-state index contributed by atoms with van der Waals surface area (Å²) in [4.78, 5) is 2.50. The van der Waals surface area contributed by atoms with Crippen molar-refractivity contribution in [3.8, 4) is 0 Å². The van der Waals surface area contributed by atoms with E-state index >= 15 is 0 Å². The van der Waals surface area contributed by atoms with Crippen LogP contribution in [0.25, 0.3) is 0 Å². The molecule has 0 bridgehead atoms. The molecule has 0 aromatic heterocycles. The molecule has 0 aromatic carbocycles. The summed E-state index contributed by atoms with van der Waals surface area (Å²) >= 11 is 0. The van der Waals surface area contributed by atoms with Crippen molar-refractivity contribution >= 4 is 0 Å². The molecule has 2 rings (SSSR count). The highest BCUT2D eigenvalue weighted by Gasteiger charge is 2.24. The maximum atomic E-state index is 6.11. The lowest BCUT2D eigenvalue weighted by molar-refractivity contribution is 0.0551. The van der Waals surface area contributed by atoms with E-state index in [-0.39, 0.29) is 0 Å². The number of hydrogen-bond acceptors (Lipinski definition) is 3. The Morgan fingerprint density at radius 2 is 1.94 bits per heavy atom. The molecule has 0 amide bonds. The first kappa shape index (κ1) is 13.3. The molecule has 2 aliphatic rings. The fraction of sp³-hybridized carbons (Fsp3) is 1.00. The summed E-state index contributed by atoms with van der Waals surface area (Å²) in [6, 6.07) is 0.478. The largest absolute Gasteiger partial charge is 0.381 e. The number of nitrogens with two attached hydrogens (primary N) is 1. The minimum Gasteiger partial charge on any atom is -0.381 e. The van der Waals surface area contributed by atoms with Gasteiger partial charge < -0.3 is 15.4 Å². The van der Waals surface area contributed by atoms with E-state index < -0.39 is 0 Å². The second-order valence-electron chi connectivity index (χ2n) is 5.96. The second-order valence-corrected chi connectivity index (χ2v) is 5.96. The van der Waals surface area contributed by atoms with Crippen LogP contribution in [0.2, 0.25) is 0 Å². The zero-order chi connectivity index (χ0) is 12.1. The standard InChI is InChI=1S/C14H28N2O/c1-16(11-12-6-9-17-10-7-12)8-5-13-3-2-4-14(13)15/h12-14H,2-11,15H2,1H3.